The molecule has 0 amide bonds. The van der Waals surface area contributed by atoms with Gasteiger partial charge in [-0.25, -0.2) is 9.97 Å². The van der Waals surface area contributed by atoms with Crippen LogP contribution in [0.25, 0.3) is 5.65 Å². The zero-order chi connectivity index (χ0) is 30.0. The number of benzene rings is 1. The smallest absolute Gasteiger partial charge is 0.319 e. The van der Waals surface area contributed by atoms with Crippen LogP contribution in [0, 0.1) is 24.7 Å². The normalized spacial score (nSPS) is 13.1. The van der Waals surface area contributed by atoms with Crippen LogP contribution in [0.15, 0.2) is 42.7 Å². The summed E-state index contributed by atoms with van der Waals surface area (Å²) < 4.78 is 12.7. The topological polar surface area (TPSA) is 158 Å². The largest absolute Gasteiger partial charge is 0.471 e. The highest BCUT2D eigenvalue weighted by molar-refractivity contribution is 5.95. The van der Waals surface area contributed by atoms with Crippen molar-refractivity contribution in [3.8, 4) is 5.88 Å². The van der Waals surface area contributed by atoms with E-state index in [4.69, 9.17) is 15.9 Å². The molecule has 5 rings (SSSR count). The van der Waals surface area contributed by atoms with E-state index in [9.17, 15) is 9.59 Å². The molecule has 1 fully saturated rings. The summed E-state index contributed by atoms with van der Waals surface area (Å²) in [5.41, 5.74) is 11.3. The highest BCUT2D eigenvalue weighted by Gasteiger charge is 2.31. The van der Waals surface area contributed by atoms with Crippen molar-refractivity contribution in [1.29, 1.82) is 5.41 Å². The molecule has 0 radical (unpaired) electrons. The maximum absolute atomic E-state index is 12.4. The summed E-state index contributed by atoms with van der Waals surface area (Å²) in [5.74, 6) is 1.18. The van der Waals surface area contributed by atoms with Crippen LogP contribution in [0.5, 0.6) is 5.88 Å². The maximum atomic E-state index is 12.4. The summed E-state index contributed by atoms with van der Waals surface area (Å²) in [4.78, 5) is 37.0. The zero-order valence-corrected chi connectivity index (χ0v) is 24.2. The number of fused-ring (bicyclic) bond motifs is 1. The highest BCUT2D eigenvalue weighted by atomic mass is 16.6. The number of nitrogens with zero attached hydrogens (tertiary/aromatic N) is 4. The van der Waals surface area contributed by atoms with Gasteiger partial charge in [-0.15, -0.1) is 0 Å². The van der Waals surface area contributed by atoms with Crippen molar-refractivity contribution in [2.45, 2.75) is 66.0 Å². The van der Waals surface area contributed by atoms with Crippen LogP contribution < -0.4 is 15.8 Å². The Balaban J connectivity index is 1.38. The summed E-state index contributed by atoms with van der Waals surface area (Å²) in [6.45, 7) is 8.05. The monoisotopic (exact) mass is 569 g/mol. The average Bonchev–Trinajstić information content (AvgIpc) is 3.70. The lowest BCUT2D eigenvalue weighted by Crippen LogP contribution is -2.29. The quantitative estimate of drug-likeness (QED) is 0.0741. The number of nitrogens with one attached hydrogen (secondary N) is 2. The minimum absolute atomic E-state index is 0.0209. The third kappa shape index (κ3) is 6.56. The number of hydrogen-bond donors (Lipinski definition) is 3. The standard InChI is InChI=1S/C31H35N7O4/c1-18-9-22(29(32)33)10-19(2)24(18)13-34-25-11-28(37-26(36-25)12-31(3,4)30(40)42-17-39)41-16-23-15-38-14-21(20-5-6-20)7-8-27(38)35-23/h7-11,14-15,17,20H,5-6,12-13,16H2,1-4H3,(H3,32,33)(H,34,36,37). The Bertz CT molecular complexity index is 1650. The molecule has 0 aliphatic heterocycles. The van der Waals surface area contributed by atoms with Crippen molar-refractivity contribution in [3.63, 3.8) is 0 Å². The molecule has 42 heavy (non-hydrogen) atoms. The number of carbonyl (C=O) groups is 2. The van der Waals surface area contributed by atoms with E-state index in [1.54, 1.807) is 19.9 Å². The van der Waals surface area contributed by atoms with Crippen molar-refractivity contribution in [2.75, 3.05) is 5.32 Å². The van der Waals surface area contributed by atoms with E-state index in [0.717, 1.165) is 28.0 Å². The first kappa shape index (κ1) is 28.7. The second-order valence-electron chi connectivity index (χ2n) is 11.4. The highest BCUT2D eigenvalue weighted by Crippen LogP contribution is 2.39. The first-order valence-electron chi connectivity index (χ1n) is 13.8. The maximum Gasteiger partial charge on any atom is 0.319 e. The molecule has 0 atom stereocenters. The van der Waals surface area contributed by atoms with Crippen LogP contribution in [0.1, 0.15) is 71.9 Å². The number of nitrogen functional groups attached to an aromatic ring is 1. The zero-order valence-electron chi connectivity index (χ0n) is 24.2. The summed E-state index contributed by atoms with van der Waals surface area (Å²) in [7, 11) is 0. The summed E-state index contributed by atoms with van der Waals surface area (Å²) in [6.07, 6.45) is 6.67. The number of aryl methyl sites for hydroxylation is 2. The lowest BCUT2D eigenvalue weighted by molar-refractivity contribution is -0.159. The predicted molar refractivity (Wildman–Crippen MR) is 157 cm³/mol. The van der Waals surface area contributed by atoms with Crippen LogP contribution in [-0.2, 0) is 33.9 Å². The van der Waals surface area contributed by atoms with Gasteiger partial charge >= 0.3 is 12.4 Å². The van der Waals surface area contributed by atoms with Gasteiger partial charge in [0.15, 0.2) is 0 Å². The SMILES string of the molecule is Cc1cc(C(=N)N)cc(C)c1CNc1cc(OCc2cn3cc(C4CC4)ccc3n2)nc(CC(C)(C)C(=O)OC=O)n1. The molecule has 4 aromatic rings. The second kappa shape index (κ2) is 11.6. The molecule has 4 N–H and O–H groups in total. The number of aromatic nitrogens is 4. The van der Waals surface area contributed by atoms with E-state index in [0.29, 0.717) is 35.5 Å². The third-order valence-electron chi connectivity index (χ3n) is 7.45. The Labute approximate surface area is 244 Å². The Kier molecular flexibility index (Phi) is 7.93. The van der Waals surface area contributed by atoms with Gasteiger partial charge in [0.25, 0.3) is 0 Å². The van der Waals surface area contributed by atoms with Gasteiger partial charge in [0.1, 0.15) is 29.7 Å². The fraction of sp³-hybridized carbons (Fsp3) is 0.355. The van der Waals surface area contributed by atoms with Gasteiger partial charge in [-0.2, -0.15) is 4.98 Å². The molecule has 0 spiro atoms. The number of nitrogens with two attached hydrogens (primary N) is 1. The fourth-order valence-corrected chi connectivity index (χ4v) is 4.93. The molecule has 1 aromatic carbocycles. The number of anilines is 1. The second-order valence-corrected chi connectivity index (χ2v) is 11.4. The minimum atomic E-state index is -1.05. The van der Waals surface area contributed by atoms with E-state index >= 15 is 0 Å². The van der Waals surface area contributed by atoms with Crippen LogP contribution in [0.2, 0.25) is 0 Å². The molecule has 0 unspecified atom stereocenters. The first-order valence-corrected chi connectivity index (χ1v) is 13.8. The Hall–Kier alpha value is -4.80. The molecule has 1 aliphatic carbocycles. The third-order valence-corrected chi connectivity index (χ3v) is 7.45. The van der Waals surface area contributed by atoms with E-state index in [2.05, 4.69) is 37.3 Å². The van der Waals surface area contributed by atoms with E-state index in [-0.39, 0.29) is 25.3 Å². The predicted octanol–water partition coefficient (Wildman–Crippen LogP) is 4.36. The molecular weight excluding hydrogens is 534 g/mol. The van der Waals surface area contributed by atoms with Crippen molar-refractivity contribution in [2.24, 2.45) is 11.1 Å². The van der Waals surface area contributed by atoms with Crippen LogP contribution in [-0.4, -0.2) is 37.6 Å². The van der Waals surface area contributed by atoms with E-state index in [1.807, 2.05) is 42.6 Å². The molecular formula is C31H35N7O4. The van der Waals surface area contributed by atoms with Gasteiger partial charge in [0, 0.05) is 37.0 Å². The van der Waals surface area contributed by atoms with Gasteiger partial charge in [0.05, 0.1) is 11.1 Å². The van der Waals surface area contributed by atoms with Crippen molar-refractivity contribution < 1.29 is 19.1 Å². The number of carbonyl (C=O) groups excluding carboxylic acids is 2. The number of hydrogen-bond acceptors (Lipinski definition) is 9. The van der Waals surface area contributed by atoms with Gasteiger partial charge in [-0.05, 0) is 86.9 Å². The number of ether oxygens (including phenoxy) is 2. The van der Waals surface area contributed by atoms with Gasteiger partial charge in [0.2, 0.25) is 5.88 Å². The van der Waals surface area contributed by atoms with Crippen LogP contribution in [0.3, 0.4) is 0 Å². The first-order chi connectivity index (χ1) is 20.0. The molecule has 1 aliphatic rings. The van der Waals surface area contributed by atoms with Crippen molar-refractivity contribution >= 4 is 29.7 Å². The molecule has 0 saturated heterocycles. The molecule has 11 heteroatoms. The lowest BCUT2D eigenvalue weighted by atomic mass is 9.89. The van der Waals surface area contributed by atoms with Crippen molar-refractivity contribution in [3.05, 3.63) is 82.1 Å². The Morgan fingerprint density at radius 3 is 2.55 bits per heavy atom. The summed E-state index contributed by atoms with van der Waals surface area (Å²) in [6, 6.07) is 9.63. The van der Waals surface area contributed by atoms with Gasteiger partial charge in [-0.3, -0.25) is 15.0 Å². The number of amidine groups is 1. The lowest BCUT2D eigenvalue weighted by Gasteiger charge is -2.20. The van der Waals surface area contributed by atoms with Crippen LogP contribution in [0.4, 0.5) is 5.82 Å². The number of pyridine rings is 1. The summed E-state index contributed by atoms with van der Waals surface area (Å²) in [5, 5.41) is 11.1. The Morgan fingerprint density at radius 1 is 1.14 bits per heavy atom. The molecule has 218 valence electrons. The summed E-state index contributed by atoms with van der Waals surface area (Å²) >= 11 is 0. The van der Waals surface area contributed by atoms with E-state index in [1.165, 1.54) is 18.4 Å². The Morgan fingerprint density at radius 2 is 1.88 bits per heavy atom. The minimum Gasteiger partial charge on any atom is -0.471 e. The molecule has 1 saturated carbocycles. The average molecular weight is 570 g/mol. The van der Waals surface area contributed by atoms with Gasteiger partial charge < -0.3 is 24.9 Å². The molecule has 0 bridgehead atoms. The fourth-order valence-electron chi connectivity index (χ4n) is 4.93. The van der Waals surface area contributed by atoms with Crippen molar-refractivity contribution in [1.82, 2.24) is 19.4 Å². The number of rotatable bonds is 12. The van der Waals surface area contributed by atoms with Crippen LogP contribution >= 0.6 is 0 Å². The molecule has 11 nitrogen and oxygen atoms in total. The number of esters is 1. The van der Waals surface area contributed by atoms with Gasteiger partial charge in [-0.1, -0.05) is 6.07 Å². The van der Waals surface area contributed by atoms with E-state index < -0.39 is 11.4 Å². The number of imidazole rings is 1. The molecule has 3 aromatic heterocycles. The molecule has 3 heterocycles.